The van der Waals surface area contributed by atoms with Crippen molar-refractivity contribution in [2.75, 3.05) is 25.6 Å². The second-order valence-corrected chi connectivity index (χ2v) is 5.38. The lowest BCUT2D eigenvalue weighted by atomic mass is 9.91. The highest BCUT2D eigenvalue weighted by Crippen LogP contribution is 2.19. The fourth-order valence-electron chi connectivity index (χ4n) is 1.70. The molecule has 2 N–H and O–H groups in total. The highest BCUT2D eigenvalue weighted by Gasteiger charge is 2.35. The van der Waals surface area contributed by atoms with Crippen molar-refractivity contribution in [2.24, 2.45) is 5.41 Å². The lowest BCUT2D eigenvalue weighted by Crippen LogP contribution is -2.45. The predicted octanol–water partition coefficient (Wildman–Crippen LogP) is 1.98. The second kappa shape index (κ2) is 7.78. The van der Waals surface area contributed by atoms with E-state index in [1.807, 2.05) is 24.3 Å². The van der Waals surface area contributed by atoms with Crippen molar-refractivity contribution in [3.05, 3.63) is 29.8 Å². The van der Waals surface area contributed by atoms with Crippen LogP contribution in [0.15, 0.2) is 24.3 Å². The lowest BCUT2D eigenvalue weighted by Gasteiger charge is -2.22. The first-order valence-corrected chi connectivity index (χ1v) is 7.09. The summed E-state index contributed by atoms with van der Waals surface area (Å²) in [6.45, 7) is 6.08. The Labute approximate surface area is 126 Å². The van der Waals surface area contributed by atoms with Gasteiger partial charge in [0.25, 0.3) is 0 Å². The summed E-state index contributed by atoms with van der Waals surface area (Å²) >= 11 is 0. The molecule has 0 unspecified atom stereocenters. The van der Waals surface area contributed by atoms with E-state index in [9.17, 15) is 9.59 Å². The van der Waals surface area contributed by atoms with Crippen LogP contribution in [0, 0.1) is 5.41 Å². The van der Waals surface area contributed by atoms with Crippen molar-refractivity contribution in [1.29, 1.82) is 0 Å². The Balaban J connectivity index is 2.64. The van der Waals surface area contributed by atoms with Gasteiger partial charge in [-0.3, -0.25) is 9.59 Å². The first kappa shape index (κ1) is 17.2. The number of benzene rings is 1. The molecule has 0 aliphatic carbocycles. The monoisotopic (exact) mass is 292 g/mol. The average molecular weight is 292 g/mol. The number of carbonyl (C=O) groups excluding carboxylic acids is 2. The summed E-state index contributed by atoms with van der Waals surface area (Å²) in [6.07, 6.45) is 0.946. The molecular weight excluding hydrogens is 268 g/mol. The first-order chi connectivity index (χ1) is 9.91. The quantitative estimate of drug-likeness (QED) is 0.596. The minimum Gasteiger partial charge on any atom is -0.383 e. The number of carbonyl (C=O) groups is 2. The summed E-state index contributed by atoms with van der Waals surface area (Å²) in [5, 5.41) is 5.46. The molecule has 0 spiro atoms. The van der Waals surface area contributed by atoms with Crippen molar-refractivity contribution < 1.29 is 14.3 Å². The number of methoxy groups -OCH3 is 1. The topological polar surface area (TPSA) is 67.4 Å². The van der Waals surface area contributed by atoms with E-state index in [2.05, 4.69) is 17.6 Å². The molecule has 0 aromatic heterocycles. The molecule has 0 aliphatic rings. The molecule has 0 saturated heterocycles. The summed E-state index contributed by atoms with van der Waals surface area (Å²) in [5.74, 6) is -0.649. The molecule has 0 radical (unpaired) electrons. The normalized spacial score (nSPS) is 11.0. The van der Waals surface area contributed by atoms with Gasteiger partial charge in [-0.1, -0.05) is 19.1 Å². The van der Waals surface area contributed by atoms with Crippen LogP contribution in [-0.4, -0.2) is 32.1 Å². The van der Waals surface area contributed by atoms with Gasteiger partial charge in [0.05, 0.1) is 6.61 Å². The van der Waals surface area contributed by atoms with E-state index in [-0.39, 0.29) is 11.8 Å². The maximum absolute atomic E-state index is 12.3. The van der Waals surface area contributed by atoms with Crippen molar-refractivity contribution in [2.45, 2.75) is 27.2 Å². The van der Waals surface area contributed by atoms with Crippen LogP contribution in [0.4, 0.5) is 5.69 Å². The Morgan fingerprint density at radius 2 is 1.76 bits per heavy atom. The third-order valence-electron chi connectivity index (χ3n) is 3.35. The number of aryl methyl sites for hydroxylation is 1. The van der Waals surface area contributed by atoms with E-state index in [0.29, 0.717) is 18.8 Å². The summed E-state index contributed by atoms with van der Waals surface area (Å²) in [5.41, 5.74) is 0.747. The van der Waals surface area contributed by atoms with Gasteiger partial charge in [0, 0.05) is 19.3 Å². The average Bonchev–Trinajstić information content (AvgIpc) is 2.48. The van der Waals surface area contributed by atoms with Gasteiger partial charge in [0.1, 0.15) is 5.41 Å². The molecule has 0 fully saturated rings. The van der Waals surface area contributed by atoms with Gasteiger partial charge in [-0.15, -0.1) is 0 Å². The molecule has 5 heteroatoms. The number of ether oxygens (including phenoxy) is 1. The van der Waals surface area contributed by atoms with Crippen molar-refractivity contribution >= 4 is 17.5 Å². The number of hydrogen-bond donors (Lipinski definition) is 2. The number of rotatable bonds is 7. The van der Waals surface area contributed by atoms with Crippen molar-refractivity contribution in [3.63, 3.8) is 0 Å². The maximum Gasteiger partial charge on any atom is 0.239 e. The zero-order valence-electron chi connectivity index (χ0n) is 13.2. The predicted molar refractivity (Wildman–Crippen MR) is 83.1 cm³/mol. The van der Waals surface area contributed by atoms with Crippen LogP contribution >= 0.6 is 0 Å². The number of nitrogens with one attached hydrogen (secondary N) is 2. The smallest absolute Gasteiger partial charge is 0.239 e. The Bertz CT molecular complexity index is 481. The van der Waals surface area contributed by atoms with Gasteiger partial charge in [-0.2, -0.15) is 0 Å². The molecule has 0 heterocycles. The summed E-state index contributed by atoms with van der Waals surface area (Å²) in [6, 6.07) is 7.60. The Hall–Kier alpha value is -1.88. The summed E-state index contributed by atoms with van der Waals surface area (Å²) in [4.78, 5) is 24.3. The molecule has 0 aliphatic heterocycles. The van der Waals surface area contributed by atoms with Crippen LogP contribution in [0.1, 0.15) is 26.3 Å². The van der Waals surface area contributed by atoms with E-state index in [0.717, 1.165) is 6.42 Å². The van der Waals surface area contributed by atoms with E-state index in [1.165, 1.54) is 5.56 Å². The second-order valence-electron chi connectivity index (χ2n) is 5.38. The number of anilines is 1. The van der Waals surface area contributed by atoms with E-state index in [1.54, 1.807) is 21.0 Å². The largest absolute Gasteiger partial charge is 0.383 e. The first-order valence-electron chi connectivity index (χ1n) is 7.09. The maximum atomic E-state index is 12.3. The van der Waals surface area contributed by atoms with Crippen LogP contribution < -0.4 is 10.6 Å². The van der Waals surface area contributed by atoms with Crippen LogP contribution in [-0.2, 0) is 20.7 Å². The fraction of sp³-hybridized carbons (Fsp3) is 0.500. The molecule has 0 atom stereocenters. The molecular formula is C16H24N2O3. The van der Waals surface area contributed by atoms with E-state index >= 15 is 0 Å². The molecule has 1 aromatic rings. The summed E-state index contributed by atoms with van der Waals surface area (Å²) in [7, 11) is 1.56. The van der Waals surface area contributed by atoms with Crippen LogP contribution in [0.3, 0.4) is 0 Å². The molecule has 5 nitrogen and oxygen atoms in total. The minimum atomic E-state index is -1.14. The van der Waals surface area contributed by atoms with Crippen LogP contribution in [0.5, 0.6) is 0 Å². The van der Waals surface area contributed by atoms with Gasteiger partial charge in [0.2, 0.25) is 11.8 Å². The van der Waals surface area contributed by atoms with E-state index < -0.39 is 5.41 Å². The molecule has 2 amide bonds. The Kier molecular flexibility index (Phi) is 6.37. The fourth-order valence-corrected chi connectivity index (χ4v) is 1.70. The molecule has 116 valence electrons. The molecule has 1 aromatic carbocycles. The Morgan fingerprint density at radius 1 is 1.14 bits per heavy atom. The molecule has 21 heavy (non-hydrogen) atoms. The van der Waals surface area contributed by atoms with Crippen molar-refractivity contribution in [1.82, 2.24) is 5.32 Å². The number of amides is 2. The number of hydrogen-bond acceptors (Lipinski definition) is 3. The minimum absolute atomic E-state index is 0.317. The highest BCUT2D eigenvalue weighted by molar-refractivity contribution is 6.09. The van der Waals surface area contributed by atoms with Gasteiger partial charge < -0.3 is 15.4 Å². The van der Waals surface area contributed by atoms with Gasteiger partial charge >= 0.3 is 0 Å². The molecule has 1 rings (SSSR count). The van der Waals surface area contributed by atoms with Crippen LogP contribution in [0.25, 0.3) is 0 Å². The third kappa shape index (κ3) is 4.86. The zero-order chi connectivity index (χ0) is 15.9. The third-order valence-corrected chi connectivity index (χ3v) is 3.35. The van der Waals surface area contributed by atoms with Gasteiger partial charge in [0.15, 0.2) is 0 Å². The standard InChI is InChI=1S/C16H24N2O3/c1-5-12-6-8-13(9-7-12)18-15(20)16(2,3)14(19)17-10-11-21-4/h6-9H,5,10-11H2,1-4H3,(H,17,19)(H,18,20). The van der Waals surface area contributed by atoms with Crippen molar-refractivity contribution in [3.8, 4) is 0 Å². The van der Waals surface area contributed by atoms with Gasteiger partial charge in [-0.25, -0.2) is 0 Å². The highest BCUT2D eigenvalue weighted by atomic mass is 16.5. The van der Waals surface area contributed by atoms with Crippen LogP contribution in [0.2, 0.25) is 0 Å². The Morgan fingerprint density at radius 3 is 2.29 bits per heavy atom. The lowest BCUT2D eigenvalue weighted by molar-refractivity contribution is -0.138. The molecule has 0 saturated carbocycles. The van der Waals surface area contributed by atoms with Gasteiger partial charge in [-0.05, 0) is 38.0 Å². The molecule has 0 bridgehead atoms. The SMILES string of the molecule is CCc1ccc(NC(=O)C(C)(C)C(=O)NCCOC)cc1. The van der Waals surface area contributed by atoms with E-state index in [4.69, 9.17) is 4.74 Å². The zero-order valence-corrected chi connectivity index (χ0v) is 13.2. The summed E-state index contributed by atoms with van der Waals surface area (Å²) < 4.78 is 4.87.